The number of hydrogen-bond donors (Lipinski definition) is 4. The molecule has 31 heavy (non-hydrogen) atoms. The van der Waals surface area contributed by atoms with E-state index in [4.69, 9.17) is 4.74 Å². The molecule has 0 aliphatic heterocycles. The summed E-state index contributed by atoms with van der Waals surface area (Å²) in [6.07, 6.45) is 3.60. The summed E-state index contributed by atoms with van der Waals surface area (Å²) in [5, 5.41) is 6.67. The largest absolute Gasteiger partial charge is 0.444 e. The fourth-order valence-corrected chi connectivity index (χ4v) is 3.51. The van der Waals surface area contributed by atoms with Crippen molar-refractivity contribution in [3.05, 3.63) is 24.0 Å². The molecule has 2 aromatic rings. The van der Waals surface area contributed by atoms with Crippen molar-refractivity contribution in [3.8, 4) is 0 Å². The van der Waals surface area contributed by atoms with E-state index in [2.05, 4.69) is 26.5 Å². The monoisotopic (exact) mass is 452 g/mol. The molecule has 2 aromatic heterocycles. The van der Waals surface area contributed by atoms with Crippen LogP contribution in [0.1, 0.15) is 50.9 Å². The third kappa shape index (κ3) is 5.57. The van der Waals surface area contributed by atoms with E-state index in [0.717, 1.165) is 0 Å². The molecule has 0 saturated heterocycles. The van der Waals surface area contributed by atoms with Gasteiger partial charge in [0.1, 0.15) is 5.60 Å². The molecule has 10 nitrogen and oxygen atoms in total. The molecular formula is C19H25FN6O4S. The fourth-order valence-electron chi connectivity index (χ4n) is 3.19. The zero-order valence-corrected chi connectivity index (χ0v) is 18.4. The van der Waals surface area contributed by atoms with Gasteiger partial charge in [-0.1, -0.05) is 0 Å². The van der Waals surface area contributed by atoms with Crippen LogP contribution in [-0.2, 0) is 9.53 Å². The van der Waals surface area contributed by atoms with Gasteiger partial charge < -0.3 is 15.4 Å². The number of halogens is 1. The van der Waals surface area contributed by atoms with Crippen molar-refractivity contribution in [3.63, 3.8) is 0 Å². The van der Waals surface area contributed by atoms with Crippen molar-refractivity contribution in [2.75, 3.05) is 5.32 Å². The maximum Gasteiger partial charge on any atom is 0.407 e. The Labute approximate surface area is 183 Å². The summed E-state index contributed by atoms with van der Waals surface area (Å²) in [4.78, 5) is 39.8. The van der Waals surface area contributed by atoms with Crippen LogP contribution in [0.4, 0.5) is 14.4 Å². The number of pyridine rings is 1. The molecule has 0 bridgehead atoms. The Bertz CT molecular complexity index is 999. The van der Waals surface area contributed by atoms with Crippen molar-refractivity contribution in [1.82, 2.24) is 25.1 Å². The number of fused-ring (bicyclic) bond motifs is 1. The quantitative estimate of drug-likeness (QED) is 0.514. The number of anilines is 1. The van der Waals surface area contributed by atoms with Gasteiger partial charge in [-0.2, -0.15) is 0 Å². The van der Waals surface area contributed by atoms with Gasteiger partial charge in [-0.3, -0.25) is 20.4 Å². The lowest BCUT2D eigenvalue weighted by atomic mass is 9.86. The minimum absolute atomic E-state index is 0.000240. The predicted molar refractivity (Wildman–Crippen MR) is 115 cm³/mol. The van der Waals surface area contributed by atoms with Crippen LogP contribution in [0.3, 0.4) is 0 Å². The van der Waals surface area contributed by atoms with Gasteiger partial charge in [-0.05, 0) is 39.7 Å². The van der Waals surface area contributed by atoms with Gasteiger partial charge in [0, 0.05) is 36.8 Å². The number of ether oxygens (including phenoxy) is 1. The lowest BCUT2D eigenvalue weighted by molar-refractivity contribution is -0.119. The minimum Gasteiger partial charge on any atom is -0.444 e. The number of hydrazine groups is 1. The number of hydrogen-bond acceptors (Lipinski definition) is 7. The van der Waals surface area contributed by atoms with Crippen LogP contribution in [-0.4, -0.2) is 44.5 Å². The van der Waals surface area contributed by atoms with Gasteiger partial charge in [-0.15, -0.1) is 3.89 Å². The van der Waals surface area contributed by atoms with Crippen molar-refractivity contribution < 1.29 is 23.0 Å². The Kier molecular flexibility index (Phi) is 6.58. The Morgan fingerprint density at radius 2 is 1.94 bits per heavy atom. The number of carbonyl (C=O) groups is 3. The number of nitrogens with zero attached hydrogens (tertiary/aromatic N) is 2. The van der Waals surface area contributed by atoms with Crippen LogP contribution in [0, 0.1) is 0 Å². The molecule has 0 unspecified atom stereocenters. The molecule has 1 fully saturated rings. The van der Waals surface area contributed by atoms with Crippen LogP contribution in [0.25, 0.3) is 11.0 Å². The van der Waals surface area contributed by atoms with E-state index in [1.165, 1.54) is 23.3 Å². The fraction of sp³-hybridized carbons (Fsp3) is 0.474. The molecule has 2 heterocycles. The number of rotatable bonds is 5. The highest BCUT2D eigenvalue weighted by molar-refractivity contribution is 7.92. The Morgan fingerprint density at radius 1 is 1.23 bits per heavy atom. The van der Waals surface area contributed by atoms with Gasteiger partial charge in [0.2, 0.25) is 5.91 Å². The molecule has 3 amide bonds. The molecule has 0 radical (unpaired) electrons. The minimum atomic E-state index is -0.577. The summed E-state index contributed by atoms with van der Waals surface area (Å²) < 4.78 is 19.7. The van der Waals surface area contributed by atoms with Crippen LogP contribution in [0.2, 0.25) is 0 Å². The molecule has 1 aliphatic carbocycles. The van der Waals surface area contributed by atoms with Crippen LogP contribution in [0.5, 0.6) is 0 Å². The maximum atomic E-state index is 13.2. The highest BCUT2D eigenvalue weighted by atomic mass is 32.2. The molecule has 1 saturated carbocycles. The highest BCUT2D eigenvalue weighted by Crippen LogP contribution is 2.33. The second kappa shape index (κ2) is 9.00. The summed E-state index contributed by atoms with van der Waals surface area (Å²) in [6, 6.07) is 1.56. The topological polar surface area (TPSA) is 126 Å². The van der Waals surface area contributed by atoms with Gasteiger partial charge in [-0.25, -0.2) is 13.8 Å². The third-order valence-electron chi connectivity index (χ3n) is 4.56. The zero-order chi connectivity index (χ0) is 22.8. The van der Waals surface area contributed by atoms with E-state index in [9.17, 15) is 18.3 Å². The van der Waals surface area contributed by atoms with Crippen molar-refractivity contribution in [1.29, 1.82) is 0 Å². The first-order valence-electron chi connectivity index (χ1n) is 9.69. The lowest BCUT2D eigenvalue weighted by Crippen LogP contribution is -2.51. The van der Waals surface area contributed by atoms with Crippen LogP contribution < -0.4 is 21.5 Å². The molecule has 0 aromatic carbocycles. The molecular weight excluding hydrogens is 427 g/mol. The summed E-state index contributed by atoms with van der Waals surface area (Å²) in [7, 11) is 0. The Morgan fingerprint density at radius 3 is 2.55 bits per heavy atom. The smallest absolute Gasteiger partial charge is 0.407 e. The van der Waals surface area contributed by atoms with Gasteiger partial charge in [0.05, 0.1) is 11.3 Å². The van der Waals surface area contributed by atoms with Gasteiger partial charge >= 0.3 is 6.09 Å². The van der Waals surface area contributed by atoms with Crippen molar-refractivity contribution in [2.45, 2.75) is 58.2 Å². The summed E-state index contributed by atoms with van der Waals surface area (Å²) in [5.41, 5.74) is 5.00. The Balaban J connectivity index is 1.74. The number of alkyl carbamates (subject to hydrolysis) is 1. The molecule has 168 valence electrons. The number of aromatic nitrogens is 2. The van der Waals surface area contributed by atoms with Crippen LogP contribution >= 0.6 is 12.3 Å². The van der Waals surface area contributed by atoms with E-state index in [0.29, 0.717) is 29.6 Å². The normalized spacial score (nSPS) is 18.1. The standard InChI is InChI=1S/C19H25FN6O4S/c1-10(27)24-25-17(28)14-9-21-16-13(5-6-26(16)31-20)15(14)22-11-7-12(8-11)23-18(29)30-19(2,3)4/h5-6,9,11-12H,7-8H2,1-4H3,(H,21,22)(H,23,29)(H,24,27)(H,25,28). The summed E-state index contributed by atoms with van der Waals surface area (Å²) >= 11 is -0.000240. The SMILES string of the molecule is CC(=O)NNC(=O)c1cnc2c(ccn2SF)c1NC1CC(NC(=O)OC(C)(C)C)C1. The summed E-state index contributed by atoms with van der Waals surface area (Å²) in [5.74, 6) is -0.984. The highest BCUT2D eigenvalue weighted by Gasteiger charge is 2.33. The van der Waals surface area contributed by atoms with E-state index in [-0.39, 0.29) is 30.0 Å². The maximum absolute atomic E-state index is 13.2. The van der Waals surface area contributed by atoms with E-state index >= 15 is 0 Å². The Hall–Kier alpha value is -3.02. The zero-order valence-electron chi connectivity index (χ0n) is 17.6. The average molecular weight is 453 g/mol. The lowest BCUT2D eigenvalue weighted by Gasteiger charge is -2.37. The third-order valence-corrected chi connectivity index (χ3v) is 5.00. The second-order valence-corrected chi connectivity index (χ2v) is 8.82. The van der Waals surface area contributed by atoms with Gasteiger partial charge in [0.25, 0.3) is 5.91 Å². The van der Waals surface area contributed by atoms with Crippen molar-refractivity contribution >= 4 is 47.0 Å². The van der Waals surface area contributed by atoms with E-state index in [1.807, 2.05) is 0 Å². The van der Waals surface area contributed by atoms with Crippen molar-refractivity contribution in [2.24, 2.45) is 0 Å². The number of amides is 3. The number of carbonyl (C=O) groups excluding carboxylic acids is 3. The first-order valence-corrected chi connectivity index (χ1v) is 10.4. The molecule has 12 heteroatoms. The average Bonchev–Trinajstić information content (AvgIpc) is 3.06. The van der Waals surface area contributed by atoms with Gasteiger partial charge in [0.15, 0.2) is 18.0 Å². The first-order chi connectivity index (χ1) is 14.6. The second-order valence-electron chi connectivity index (χ2n) is 8.29. The first kappa shape index (κ1) is 22.7. The van der Waals surface area contributed by atoms with Crippen LogP contribution in [0.15, 0.2) is 18.5 Å². The predicted octanol–water partition coefficient (Wildman–Crippen LogP) is 2.67. The van der Waals surface area contributed by atoms with E-state index in [1.54, 1.807) is 26.8 Å². The molecule has 0 spiro atoms. The van der Waals surface area contributed by atoms with E-state index < -0.39 is 23.5 Å². The molecule has 0 atom stereocenters. The summed E-state index contributed by atoms with van der Waals surface area (Å²) in [6.45, 7) is 6.65. The molecule has 3 rings (SSSR count). The number of nitrogens with one attached hydrogen (secondary N) is 4. The molecule has 4 N–H and O–H groups in total. The molecule has 1 aliphatic rings.